The van der Waals surface area contributed by atoms with Gasteiger partial charge in [0.25, 0.3) is 11.8 Å². The molecule has 4 aliphatic heterocycles. The van der Waals surface area contributed by atoms with E-state index in [2.05, 4.69) is 0 Å². The SMILES string of the molecule is Cc1ccccc1N1C(=O)C2C(C1=O)N1C(c3ccccc3)C3C(=O)N(c4ccccc4C)C(=O)C3N1C2c1ccccc1. The lowest BCUT2D eigenvalue weighted by Gasteiger charge is -2.36. The molecule has 8 rings (SSSR count). The zero-order chi connectivity index (χ0) is 30.3. The number of hydrazine groups is 1. The monoisotopic (exact) mass is 582 g/mol. The molecular weight excluding hydrogens is 552 g/mol. The Labute approximate surface area is 255 Å². The van der Waals surface area contributed by atoms with Gasteiger partial charge in [-0.3, -0.25) is 19.2 Å². The molecule has 0 bridgehead atoms. The third kappa shape index (κ3) is 3.52. The van der Waals surface area contributed by atoms with E-state index in [9.17, 15) is 19.2 Å². The van der Waals surface area contributed by atoms with Gasteiger partial charge in [0.2, 0.25) is 11.8 Å². The van der Waals surface area contributed by atoms with Gasteiger partial charge in [-0.2, -0.15) is 0 Å². The van der Waals surface area contributed by atoms with Crippen molar-refractivity contribution in [1.29, 1.82) is 0 Å². The first-order valence-electron chi connectivity index (χ1n) is 14.9. The highest BCUT2D eigenvalue weighted by Crippen LogP contribution is 2.59. The summed E-state index contributed by atoms with van der Waals surface area (Å²) in [6, 6.07) is 30.9. The number of aryl methyl sites for hydroxylation is 2. The maximum absolute atomic E-state index is 14.5. The molecule has 6 unspecified atom stereocenters. The molecule has 4 aliphatic rings. The van der Waals surface area contributed by atoms with Crippen LogP contribution in [0, 0.1) is 25.7 Å². The number of amides is 4. The molecule has 0 aromatic heterocycles. The molecular formula is C36H30N4O4. The first-order valence-corrected chi connectivity index (χ1v) is 14.9. The lowest BCUT2D eigenvalue weighted by Crippen LogP contribution is -2.50. The van der Waals surface area contributed by atoms with Crippen molar-refractivity contribution in [3.8, 4) is 0 Å². The Kier molecular flexibility index (Phi) is 5.95. The predicted molar refractivity (Wildman–Crippen MR) is 164 cm³/mol. The predicted octanol–water partition coefficient (Wildman–Crippen LogP) is 4.75. The van der Waals surface area contributed by atoms with Crippen LogP contribution in [0.5, 0.6) is 0 Å². The zero-order valence-electron chi connectivity index (χ0n) is 24.3. The van der Waals surface area contributed by atoms with Gasteiger partial charge in [0.1, 0.15) is 12.1 Å². The Morgan fingerprint density at radius 3 is 1.11 bits per heavy atom. The first-order chi connectivity index (χ1) is 21.4. The van der Waals surface area contributed by atoms with Crippen LogP contribution in [0.2, 0.25) is 0 Å². The van der Waals surface area contributed by atoms with Crippen molar-refractivity contribution in [2.45, 2.75) is 38.0 Å². The quantitative estimate of drug-likeness (QED) is 0.323. The van der Waals surface area contributed by atoms with E-state index in [1.165, 1.54) is 9.80 Å². The van der Waals surface area contributed by atoms with Crippen LogP contribution in [0.3, 0.4) is 0 Å². The fraction of sp³-hybridized carbons (Fsp3) is 0.222. The fourth-order valence-electron chi connectivity index (χ4n) is 7.90. The highest BCUT2D eigenvalue weighted by molar-refractivity contribution is 6.26. The number of carbonyl (C=O) groups is 4. The molecule has 4 saturated heterocycles. The van der Waals surface area contributed by atoms with Crippen LogP contribution in [-0.2, 0) is 19.2 Å². The maximum atomic E-state index is 14.5. The molecule has 4 amide bonds. The average Bonchev–Trinajstić information content (AvgIpc) is 3.70. The Morgan fingerprint density at radius 2 is 0.750 bits per heavy atom. The second kappa shape index (κ2) is 9.80. The molecule has 0 radical (unpaired) electrons. The molecule has 0 aliphatic carbocycles. The number of imide groups is 2. The molecule has 218 valence electrons. The average molecular weight is 583 g/mol. The number of benzene rings is 4. The van der Waals surface area contributed by atoms with E-state index in [0.29, 0.717) is 11.4 Å². The minimum atomic E-state index is -0.879. The van der Waals surface area contributed by atoms with Gasteiger partial charge in [-0.05, 0) is 48.2 Å². The maximum Gasteiger partial charge on any atom is 0.253 e. The van der Waals surface area contributed by atoms with E-state index in [1.807, 2.05) is 121 Å². The summed E-state index contributed by atoms with van der Waals surface area (Å²) in [5.74, 6) is -2.82. The number of nitrogens with zero attached hydrogens (tertiary/aromatic N) is 4. The van der Waals surface area contributed by atoms with E-state index in [-0.39, 0.29) is 23.6 Å². The number of rotatable bonds is 4. The van der Waals surface area contributed by atoms with Crippen molar-refractivity contribution < 1.29 is 19.2 Å². The summed E-state index contributed by atoms with van der Waals surface area (Å²) in [7, 11) is 0. The van der Waals surface area contributed by atoms with Gasteiger partial charge in [-0.15, -0.1) is 0 Å². The lowest BCUT2D eigenvalue weighted by atomic mass is 9.84. The second-order valence-electron chi connectivity index (χ2n) is 12.0. The zero-order valence-corrected chi connectivity index (χ0v) is 24.3. The molecule has 4 aromatic rings. The number of hydrogen-bond donors (Lipinski definition) is 0. The van der Waals surface area contributed by atoms with Crippen molar-refractivity contribution in [3.05, 3.63) is 131 Å². The molecule has 8 heteroatoms. The summed E-state index contributed by atoms with van der Waals surface area (Å²) < 4.78 is 0. The number of hydrogen-bond acceptors (Lipinski definition) is 6. The molecule has 8 nitrogen and oxygen atoms in total. The van der Waals surface area contributed by atoms with Crippen LogP contribution < -0.4 is 9.80 Å². The highest BCUT2D eigenvalue weighted by atomic mass is 16.2. The van der Waals surface area contributed by atoms with Gasteiger partial charge in [-0.25, -0.2) is 19.8 Å². The fourth-order valence-corrected chi connectivity index (χ4v) is 7.90. The van der Waals surface area contributed by atoms with E-state index in [1.54, 1.807) is 12.1 Å². The van der Waals surface area contributed by atoms with Crippen LogP contribution >= 0.6 is 0 Å². The molecule has 4 fully saturated rings. The molecule has 6 atom stereocenters. The summed E-state index contributed by atoms with van der Waals surface area (Å²) in [6.45, 7) is 3.77. The van der Waals surface area contributed by atoms with E-state index < -0.39 is 36.0 Å². The van der Waals surface area contributed by atoms with Gasteiger partial charge >= 0.3 is 0 Å². The van der Waals surface area contributed by atoms with Crippen molar-refractivity contribution >= 4 is 35.0 Å². The number of carbonyl (C=O) groups excluding carboxylic acids is 4. The van der Waals surface area contributed by atoms with Crippen LogP contribution in [0.4, 0.5) is 11.4 Å². The van der Waals surface area contributed by atoms with E-state index in [0.717, 1.165) is 22.3 Å². The molecule has 4 heterocycles. The van der Waals surface area contributed by atoms with Crippen LogP contribution in [0.1, 0.15) is 34.3 Å². The van der Waals surface area contributed by atoms with Crippen molar-refractivity contribution in [2.75, 3.05) is 9.80 Å². The van der Waals surface area contributed by atoms with Crippen LogP contribution in [-0.4, -0.2) is 45.7 Å². The molecule has 0 N–H and O–H groups in total. The number of para-hydroxylation sites is 2. The van der Waals surface area contributed by atoms with Crippen molar-refractivity contribution in [3.63, 3.8) is 0 Å². The lowest BCUT2D eigenvalue weighted by molar-refractivity contribution is -0.136. The van der Waals surface area contributed by atoms with Crippen LogP contribution in [0.15, 0.2) is 109 Å². The molecule has 0 saturated carbocycles. The van der Waals surface area contributed by atoms with Crippen molar-refractivity contribution in [1.82, 2.24) is 10.0 Å². The van der Waals surface area contributed by atoms with E-state index in [4.69, 9.17) is 0 Å². The van der Waals surface area contributed by atoms with Crippen LogP contribution in [0.25, 0.3) is 0 Å². The second-order valence-corrected chi connectivity index (χ2v) is 12.0. The van der Waals surface area contributed by atoms with Crippen molar-refractivity contribution in [2.24, 2.45) is 11.8 Å². The minimum absolute atomic E-state index is 0.298. The summed E-state index contributed by atoms with van der Waals surface area (Å²) in [6.07, 6.45) is 0. The highest BCUT2D eigenvalue weighted by Gasteiger charge is 2.73. The van der Waals surface area contributed by atoms with E-state index >= 15 is 0 Å². The molecule has 0 spiro atoms. The van der Waals surface area contributed by atoms with Gasteiger partial charge < -0.3 is 0 Å². The smallest absolute Gasteiger partial charge is 0.253 e. The summed E-state index contributed by atoms with van der Waals surface area (Å²) in [4.78, 5) is 60.6. The molecule has 44 heavy (non-hydrogen) atoms. The third-order valence-electron chi connectivity index (χ3n) is 9.72. The number of anilines is 2. The Bertz CT molecular complexity index is 1710. The summed E-state index contributed by atoms with van der Waals surface area (Å²) in [5.41, 5.74) is 4.39. The summed E-state index contributed by atoms with van der Waals surface area (Å²) in [5, 5.41) is 3.83. The topological polar surface area (TPSA) is 81.2 Å². The van der Waals surface area contributed by atoms with Gasteiger partial charge in [-0.1, -0.05) is 97.1 Å². The minimum Gasteiger partial charge on any atom is -0.274 e. The van der Waals surface area contributed by atoms with Gasteiger partial charge in [0.05, 0.1) is 35.3 Å². The number of fused-ring (bicyclic) bond motifs is 5. The normalized spacial score (nSPS) is 28.1. The Morgan fingerprint density at radius 1 is 0.409 bits per heavy atom. The van der Waals surface area contributed by atoms with Gasteiger partial charge in [0, 0.05) is 0 Å². The third-order valence-corrected chi connectivity index (χ3v) is 9.72. The first kappa shape index (κ1) is 26.7. The molecule has 4 aromatic carbocycles. The standard InChI is InChI=1S/C36H30N4O4/c1-21-13-9-11-19-25(21)37-33(41)27-29(23-15-5-3-6-16-23)40-32-28(34(42)38(36(32)44)26-20-12-10-14-22(26)2)30(24-17-7-4-8-18-24)39(40)31(27)35(37)43/h3-20,27-32H,1-2H3. The largest absolute Gasteiger partial charge is 0.274 e. The van der Waals surface area contributed by atoms with Gasteiger partial charge in [0.15, 0.2) is 0 Å². The Balaban J connectivity index is 1.34. The Hall–Kier alpha value is -4.92. The summed E-state index contributed by atoms with van der Waals surface area (Å²) >= 11 is 0.